The number of carbonyl (C=O) groups excluding carboxylic acids is 1. The maximum atomic E-state index is 12.1. The lowest BCUT2D eigenvalue weighted by Crippen LogP contribution is -2.43. The van der Waals surface area contributed by atoms with Gasteiger partial charge in [0, 0.05) is 23.8 Å². The summed E-state index contributed by atoms with van der Waals surface area (Å²) in [4.78, 5) is 24.2. The second-order valence-electron chi connectivity index (χ2n) is 4.83. The number of amides is 2. The molecule has 1 heterocycles. The van der Waals surface area contributed by atoms with Gasteiger partial charge >= 0.3 is 12.0 Å². The fourth-order valence-corrected chi connectivity index (χ4v) is 2.37. The average Bonchev–Trinajstić information content (AvgIpc) is 2.45. The van der Waals surface area contributed by atoms with Gasteiger partial charge in [-0.2, -0.15) is 0 Å². The molecule has 1 saturated heterocycles. The van der Waals surface area contributed by atoms with E-state index in [0.717, 1.165) is 0 Å². The van der Waals surface area contributed by atoms with E-state index in [1.807, 2.05) is 0 Å². The van der Waals surface area contributed by atoms with Gasteiger partial charge in [0.1, 0.15) is 6.61 Å². The smallest absolute Gasteiger partial charge is 0.329 e. The molecular weight excluding hydrogens is 296 g/mol. The van der Waals surface area contributed by atoms with Crippen molar-refractivity contribution in [2.75, 3.05) is 25.0 Å². The Balaban J connectivity index is 1.79. The van der Waals surface area contributed by atoms with Crippen LogP contribution in [-0.2, 0) is 9.53 Å². The number of rotatable bonds is 4. The van der Waals surface area contributed by atoms with Crippen LogP contribution in [0.5, 0.6) is 0 Å². The first-order valence-electron chi connectivity index (χ1n) is 6.69. The molecule has 7 heteroatoms. The van der Waals surface area contributed by atoms with Crippen LogP contribution in [0.25, 0.3) is 0 Å². The first kappa shape index (κ1) is 15.6. The minimum absolute atomic E-state index is 0.101. The minimum Gasteiger partial charge on any atom is -0.480 e. The highest BCUT2D eigenvalue weighted by molar-refractivity contribution is 6.30. The summed E-state index contributed by atoms with van der Waals surface area (Å²) in [5, 5.41) is 11.9. The monoisotopic (exact) mass is 312 g/mol. The number of carboxylic acids is 1. The number of likely N-dealkylation sites (tertiary alicyclic amines) is 1. The molecule has 1 aliphatic rings. The van der Waals surface area contributed by atoms with Gasteiger partial charge in [-0.25, -0.2) is 9.59 Å². The maximum Gasteiger partial charge on any atom is 0.329 e. The lowest BCUT2D eigenvalue weighted by atomic mass is 10.1. The third-order valence-corrected chi connectivity index (χ3v) is 3.48. The predicted octanol–water partition coefficient (Wildman–Crippen LogP) is 2.44. The summed E-state index contributed by atoms with van der Waals surface area (Å²) < 4.78 is 5.23. The van der Waals surface area contributed by atoms with Gasteiger partial charge < -0.3 is 20.1 Å². The van der Waals surface area contributed by atoms with E-state index in [0.29, 0.717) is 36.6 Å². The van der Waals surface area contributed by atoms with Crippen LogP contribution < -0.4 is 5.32 Å². The molecule has 1 aromatic carbocycles. The number of hydrogen-bond donors (Lipinski definition) is 2. The van der Waals surface area contributed by atoms with Crippen molar-refractivity contribution in [1.29, 1.82) is 0 Å². The number of ether oxygens (including phenoxy) is 1. The topological polar surface area (TPSA) is 78.9 Å². The van der Waals surface area contributed by atoms with E-state index < -0.39 is 5.97 Å². The Hall–Kier alpha value is -1.79. The Kier molecular flexibility index (Phi) is 5.41. The summed E-state index contributed by atoms with van der Waals surface area (Å²) in [5.74, 6) is -0.976. The highest BCUT2D eigenvalue weighted by atomic mass is 35.5. The largest absolute Gasteiger partial charge is 0.480 e. The molecule has 2 amide bonds. The van der Waals surface area contributed by atoms with Crippen LogP contribution in [0, 0.1) is 0 Å². The quantitative estimate of drug-likeness (QED) is 0.895. The van der Waals surface area contributed by atoms with Crippen molar-refractivity contribution >= 4 is 29.3 Å². The number of nitrogens with zero attached hydrogens (tertiary/aromatic N) is 1. The number of carboxylic acid groups (broad SMARTS) is 1. The molecule has 0 aromatic heterocycles. The van der Waals surface area contributed by atoms with Crippen LogP contribution >= 0.6 is 11.6 Å². The van der Waals surface area contributed by atoms with Gasteiger partial charge in [-0.05, 0) is 31.0 Å². The van der Waals surface area contributed by atoms with Gasteiger partial charge in [-0.15, -0.1) is 0 Å². The van der Waals surface area contributed by atoms with Gasteiger partial charge in [-0.3, -0.25) is 0 Å². The van der Waals surface area contributed by atoms with Gasteiger partial charge in [0.05, 0.1) is 6.10 Å². The molecule has 0 spiro atoms. The lowest BCUT2D eigenvalue weighted by molar-refractivity contribution is -0.145. The van der Waals surface area contributed by atoms with E-state index in [1.54, 1.807) is 29.2 Å². The first-order valence-corrected chi connectivity index (χ1v) is 7.07. The molecule has 0 unspecified atom stereocenters. The number of carbonyl (C=O) groups is 2. The maximum absolute atomic E-state index is 12.1. The Labute approximate surface area is 127 Å². The highest BCUT2D eigenvalue weighted by Crippen LogP contribution is 2.18. The Morgan fingerprint density at radius 3 is 2.71 bits per heavy atom. The van der Waals surface area contributed by atoms with E-state index >= 15 is 0 Å². The van der Waals surface area contributed by atoms with Gasteiger partial charge in [0.25, 0.3) is 0 Å². The molecule has 1 fully saturated rings. The van der Waals surface area contributed by atoms with Crippen molar-refractivity contribution in [3.63, 3.8) is 0 Å². The van der Waals surface area contributed by atoms with E-state index in [1.165, 1.54) is 0 Å². The van der Waals surface area contributed by atoms with Crippen molar-refractivity contribution in [2.45, 2.75) is 18.9 Å². The molecule has 21 heavy (non-hydrogen) atoms. The van der Waals surface area contributed by atoms with E-state index in [4.69, 9.17) is 21.4 Å². The van der Waals surface area contributed by atoms with Crippen LogP contribution in [0.2, 0.25) is 5.02 Å². The molecule has 0 atom stereocenters. The number of nitrogens with one attached hydrogen (secondary N) is 1. The number of halogens is 1. The van der Waals surface area contributed by atoms with E-state index in [9.17, 15) is 9.59 Å². The zero-order chi connectivity index (χ0) is 15.2. The Morgan fingerprint density at radius 2 is 2.10 bits per heavy atom. The second kappa shape index (κ2) is 7.28. The molecule has 6 nitrogen and oxygen atoms in total. The zero-order valence-electron chi connectivity index (χ0n) is 11.4. The van der Waals surface area contributed by atoms with Crippen molar-refractivity contribution in [2.24, 2.45) is 0 Å². The number of anilines is 1. The SMILES string of the molecule is O=C(O)COC1CCN(C(=O)Nc2cccc(Cl)c2)CC1. The summed E-state index contributed by atoms with van der Waals surface area (Å²) in [6.45, 7) is 0.784. The summed E-state index contributed by atoms with van der Waals surface area (Å²) in [6.07, 6.45) is 1.17. The molecule has 114 valence electrons. The Morgan fingerprint density at radius 1 is 1.38 bits per heavy atom. The molecule has 2 rings (SSSR count). The molecule has 1 aromatic rings. The van der Waals surface area contributed by atoms with Gasteiger partial charge in [0.15, 0.2) is 0 Å². The summed E-state index contributed by atoms with van der Waals surface area (Å²) in [5.41, 5.74) is 0.650. The number of urea groups is 1. The molecule has 0 aliphatic carbocycles. The average molecular weight is 313 g/mol. The van der Waals surface area contributed by atoms with Crippen molar-refractivity contribution < 1.29 is 19.4 Å². The van der Waals surface area contributed by atoms with E-state index in [-0.39, 0.29) is 18.7 Å². The van der Waals surface area contributed by atoms with Crippen molar-refractivity contribution in [1.82, 2.24) is 4.90 Å². The number of piperidine rings is 1. The van der Waals surface area contributed by atoms with Crippen molar-refractivity contribution in [3.8, 4) is 0 Å². The molecule has 2 N–H and O–H groups in total. The molecule has 0 saturated carbocycles. The standard InChI is InChI=1S/C14H17ClN2O4/c15-10-2-1-3-11(8-10)16-14(20)17-6-4-12(5-7-17)21-9-13(18)19/h1-3,8,12H,4-7,9H2,(H,16,20)(H,18,19). The minimum atomic E-state index is -0.976. The molecule has 0 bridgehead atoms. The fourth-order valence-electron chi connectivity index (χ4n) is 2.18. The summed E-state index contributed by atoms with van der Waals surface area (Å²) >= 11 is 5.86. The predicted molar refractivity (Wildman–Crippen MR) is 78.7 cm³/mol. The lowest BCUT2D eigenvalue weighted by Gasteiger charge is -2.31. The Bertz CT molecular complexity index is 515. The molecule has 0 radical (unpaired) electrons. The number of benzene rings is 1. The first-order chi connectivity index (χ1) is 10.0. The summed E-state index contributed by atoms with van der Waals surface area (Å²) in [6, 6.07) is 6.77. The van der Waals surface area contributed by atoms with Gasteiger partial charge in [0.2, 0.25) is 0 Å². The number of aliphatic carboxylic acids is 1. The van der Waals surface area contributed by atoms with Crippen LogP contribution in [0.15, 0.2) is 24.3 Å². The third kappa shape index (κ3) is 4.91. The normalized spacial score (nSPS) is 15.8. The second-order valence-corrected chi connectivity index (χ2v) is 5.27. The van der Waals surface area contributed by atoms with E-state index in [2.05, 4.69) is 5.32 Å². The van der Waals surface area contributed by atoms with Crippen LogP contribution in [0.3, 0.4) is 0 Å². The third-order valence-electron chi connectivity index (χ3n) is 3.25. The highest BCUT2D eigenvalue weighted by Gasteiger charge is 2.23. The van der Waals surface area contributed by atoms with Crippen molar-refractivity contribution in [3.05, 3.63) is 29.3 Å². The van der Waals surface area contributed by atoms with Crippen LogP contribution in [-0.4, -0.2) is 47.8 Å². The van der Waals surface area contributed by atoms with Gasteiger partial charge in [-0.1, -0.05) is 17.7 Å². The zero-order valence-corrected chi connectivity index (χ0v) is 12.2. The van der Waals surface area contributed by atoms with Crippen LogP contribution in [0.4, 0.5) is 10.5 Å². The number of hydrogen-bond acceptors (Lipinski definition) is 3. The molecule has 1 aliphatic heterocycles. The fraction of sp³-hybridized carbons (Fsp3) is 0.429. The summed E-state index contributed by atoms with van der Waals surface area (Å²) in [7, 11) is 0. The molecular formula is C14H17ClN2O4. The van der Waals surface area contributed by atoms with Crippen LogP contribution in [0.1, 0.15) is 12.8 Å².